The van der Waals surface area contributed by atoms with Gasteiger partial charge in [0.15, 0.2) is 0 Å². The minimum atomic E-state index is -0.414. The average Bonchev–Trinajstić information content (AvgIpc) is 3.20. The second-order valence-electron chi connectivity index (χ2n) is 7.80. The molecule has 2 aromatic heterocycles. The zero-order valence-corrected chi connectivity index (χ0v) is 16.8. The summed E-state index contributed by atoms with van der Waals surface area (Å²) in [6.07, 6.45) is 7.88. The van der Waals surface area contributed by atoms with Crippen LogP contribution in [0.1, 0.15) is 31.2 Å². The highest BCUT2D eigenvalue weighted by atomic mass is 32.1. The largest absolute Gasteiger partial charge is 0.431 e. The van der Waals surface area contributed by atoms with Gasteiger partial charge in [0.05, 0.1) is 10.2 Å². The number of nitrogens with zero attached hydrogens (tertiary/aromatic N) is 3. The fourth-order valence-corrected chi connectivity index (χ4v) is 5.43. The predicted molar refractivity (Wildman–Crippen MR) is 112 cm³/mol. The van der Waals surface area contributed by atoms with Gasteiger partial charge in [-0.2, -0.15) is 0 Å². The molecule has 29 heavy (non-hydrogen) atoms. The van der Waals surface area contributed by atoms with Crippen LogP contribution in [0.15, 0.2) is 42.7 Å². The first-order valence-electron chi connectivity index (χ1n) is 9.93. The summed E-state index contributed by atoms with van der Waals surface area (Å²) >= 11 is 1.50. The molecule has 150 valence electrons. The lowest BCUT2D eigenvalue weighted by Gasteiger charge is -2.39. The Morgan fingerprint density at radius 3 is 2.66 bits per heavy atom. The molecule has 3 aromatic rings. The van der Waals surface area contributed by atoms with Gasteiger partial charge in [-0.3, -0.25) is 9.88 Å². The highest BCUT2D eigenvalue weighted by Crippen LogP contribution is 2.37. The number of nitrogens with two attached hydrogens (primary N) is 1. The summed E-state index contributed by atoms with van der Waals surface area (Å²) in [4.78, 5) is 22.4. The zero-order valence-electron chi connectivity index (χ0n) is 16.0. The van der Waals surface area contributed by atoms with Gasteiger partial charge in [-0.15, -0.1) is 0 Å². The molecule has 3 N–H and O–H groups in total. The minimum Gasteiger partial charge on any atom is -0.431 e. The number of pyridine rings is 1. The number of amides is 2. The molecule has 0 radical (unpaired) electrons. The predicted octanol–water partition coefficient (Wildman–Crippen LogP) is 3.65. The maximum atomic E-state index is 11.2. The highest BCUT2D eigenvalue weighted by molar-refractivity contribution is 7.20. The lowest BCUT2D eigenvalue weighted by Crippen LogP contribution is -2.51. The van der Waals surface area contributed by atoms with Crippen LogP contribution in [0.5, 0.6) is 10.9 Å². The van der Waals surface area contributed by atoms with E-state index in [2.05, 4.69) is 32.3 Å². The Morgan fingerprint density at radius 2 is 1.97 bits per heavy atom. The molecule has 8 heteroatoms. The molecule has 1 aromatic carbocycles. The van der Waals surface area contributed by atoms with Crippen molar-refractivity contribution in [1.29, 1.82) is 0 Å². The van der Waals surface area contributed by atoms with E-state index in [1.165, 1.54) is 29.7 Å². The van der Waals surface area contributed by atoms with E-state index >= 15 is 0 Å². The molecule has 4 heterocycles. The van der Waals surface area contributed by atoms with Gasteiger partial charge in [-0.1, -0.05) is 23.5 Å². The Kier molecular flexibility index (Phi) is 4.81. The van der Waals surface area contributed by atoms with Gasteiger partial charge in [0.1, 0.15) is 5.75 Å². The fraction of sp³-hybridized carbons (Fsp3) is 0.381. The Labute approximate surface area is 172 Å². The van der Waals surface area contributed by atoms with Crippen LogP contribution in [-0.4, -0.2) is 39.0 Å². The number of fused-ring (bicyclic) bond motifs is 3. The fourth-order valence-electron chi connectivity index (χ4n) is 4.63. The van der Waals surface area contributed by atoms with Crippen LogP contribution < -0.4 is 15.8 Å². The van der Waals surface area contributed by atoms with E-state index in [0.717, 1.165) is 35.4 Å². The molecule has 2 fully saturated rings. The van der Waals surface area contributed by atoms with E-state index in [1.54, 1.807) is 12.4 Å². The first-order chi connectivity index (χ1) is 14.1. The van der Waals surface area contributed by atoms with Gasteiger partial charge in [-0.05, 0) is 49.4 Å². The smallest absolute Gasteiger partial charge is 0.312 e. The first-order valence-corrected chi connectivity index (χ1v) is 10.7. The molecule has 0 saturated carbocycles. The maximum absolute atomic E-state index is 11.2. The summed E-state index contributed by atoms with van der Waals surface area (Å²) in [7, 11) is 0. The van der Waals surface area contributed by atoms with Crippen LogP contribution >= 0.6 is 11.3 Å². The lowest BCUT2D eigenvalue weighted by atomic mass is 9.96. The van der Waals surface area contributed by atoms with Crippen molar-refractivity contribution < 1.29 is 9.53 Å². The van der Waals surface area contributed by atoms with Crippen molar-refractivity contribution in [3.05, 3.63) is 48.3 Å². The molecule has 2 bridgehead atoms. The number of carbonyl (C=O) groups excluding carboxylic acids is 1. The Hall–Kier alpha value is -2.71. The number of nitrogens with one attached hydrogen (secondary N) is 1. The van der Waals surface area contributed by atoms with Crippen molar-refractivity contribution in [2.24, 2.45) is 5.73 Å². The van der Waals surface area contributed by atoms with Crippen molar-refractivity contribution in [2.45, 2.75) is 50.4 Å². The number of aromatic nitrogens is 2. The average molecular weight is 410 g/mol. The number of hydrogen-bond donors (Lipinski definition) is 2. The van der Waals surface area contributed by atoms with Gasteiger partial charge in [-0.25, -0.2) is 9.78 Å². The van der Waals surface area contributed by atoms with Crippen molar-refractivity contribution in [1.82, 2.24) is 20.2 Å². The summed E-state index contributed by atoms with van der Waals surface area (Å²) in [5.41, 5.74) is 7.47. The van der Waals surface area contributed by atoms with Crippen LogP contribution in [-0.2, 0) is 6.54 Å². The maximum Gasteiger partial charge on any atom is 0.312 e. The number of primary amides is 1. The third-order valence-corrected chi connectivity index (χ3v) is 6.78. The number of urea groups is 1. The number of ether oxygens (including phenoxy) is 1. The molecule has 7 nitrogen and oxygen atoms in total. The molecule has 0 spiro atoms. The van der Waals surface area contributed by atoms with E-state index < -0.39 is 6.03 Å². The van der Waals surface area contributed by atoms with Crippen LogP contribution in [0.2, 0.25) is 0 Å². The van der Waals surface area contributed by atoms with E-state index in [-0.39, 0.29) is 6.04 Å². The second-order valence-corrected chi connectivity index (χ2v) is 8.80. The van der Waals surface area contributed by atoms with E-state index in [0.29, 0.717) is 17.3 Å². The summed E-state index contributed by atoms with van der Waals surface area (Å²) in [5, 5.41) is 3.52. The molecule has 2 aliphatic rings. The first kappa shape index (κ1) is 18.3. The molecule has 2 amide bonds. The number of rotatable bonds is 5. The lowest BCUT2D eigenvalue weighted by molar-refractivity contribution is 0.112. The van der Waals surface area contributed by atoms with Gasteiger partial charge in [0.2, 0.25) is 0 Å². The molecule has 0 aliphatic carbocycles. The molecular formula is C21H23N5O2S. The normalized spacial score (nSPS) is 23.9. The molecule has 2 saturated heterocycles. The Balaban J connectivity index is 1.22. The SMILES string of the molecule is NC(=O)NC1C[C@H]2CC[C@@H](C1)N2Cc1ccc(Oc2nc3ccncc3s2)cc1. The van der Waals surface area contributed by atoms with Crippen molar-refractivity contribution in [3.8, 4) is 10.9 Å². The third kappa shape index (κ3) is 3.90. The Morgan fingerprint density at radius 1 is 1.21 bits per heavy atom. The number of benzene rings is 1. The van der Waals surface area contributed by atoms with Crippen molar-refractivity contribution in [2.75, 3.05) is 0 Å². The summed E-state index contributed by atoms with van der Waals surface area (Å²) in [5.74, 6) is 0.785. The van der Waals surface area contributed by atoms with Gasteiger partial charge < -0.3 is 15.8 Å². The number of hydrogen-bond acceptors (Lipinski definition) is 6. The van der Waals surface area contributed by atoms with Gasteiger partial charge in [0, 0.05) is 37.1 Å². The molecule has 5 rings (SSSR count). The van der Waals surface area contributed by atoms with Crippen LogP contribution in [0, 0.1) is 0 Å². The number of thiazole rings is 1. The second kappa shape index (κ2) is 7.61. The highest BCUT2D eigenvalue weighted by Gasteiger charge is 2.40. The standard InChI is InChI=1S/C21H23N5O2S/c22-20(27)24-14-9-15-3-4-16(10-14)26(15)12-13-1-5-17(6-2-13)28-21-25-18-7-8-23-11-19(18)29-21/h1-2,5-8,11,14-16H,3-4,9-10,12H2,(H3,22,24,27)/t14?,15-,16+. The van der Waals surface area contributed by atoms with Crippen LogP contribution in [0.3, 0.4) is 0 Å². The molecule has 3 atom stereocenters. The van der Waals surface area contributed by atoms with Crippen LogP contribution in [0.4, 0.5) is 4.79 Å². The summed E-state index contributed by atoms with van der Waals surface area (Å²) in [6.45, 7) is 0.922. The van der Waals surface area contributed by atoms with Crippen molar-refractivity contribution >= 4 is 27.6 Å². The molecule has 2 aliphatic heterocycles. The summed E-state index contributed by atoms with van der Waals surface area (Å²) in [6, 6.07) is 11.0. The number of carbonyl (C=O) groups is 1. The summed E-state index contributed by atoms with van der Waals surface area (Å²) < 4.78 is 6.95. The van der Waals surface area contributed by atoms with Gasteiger partial charge >= 0.3 is 6.03 Å². The van der Waals surface area contributed by atoms with Crippen molar-refractivity contribution in [3.63, 3.8) is 0 Å². The minimum absolute atomic E-state index is 0.209. The Bertz CT molecular complexity index is 974. The molecule has 1 unspecified atom stereocenters. The van der Waals surface area contributed by atoms with Crippen LogP contribution in [0.25, 0.3) is 10.2 Å². The zero-order chi connectivity index (χ0) is 19.8. The quantitative estimate of drug-likeness (QED) is 0.671. The van der Waals surface area contributed by atoms with Gasteiger partial charge in [0.25, 0.3) is 5.19 Å². The monoisotopic (exact) mass is 409 g/mol. The van der Waals surface area contributed by atoms with E-state index in [1.807, 2.05) is 18.2 Å². The molecular weight excluding hydrogens is 386 g/mol. The topological polar surface area (TPSA) is 93.4 Å². The third-order valence-electron chi connectivity index (χ3n) is 5.90. The van der Waals surface area contributed by atoms with E-state index in [4.69, 9.17) is 10.5 Å². The van der Waals surface area contributed by atoms with E-state index in [9.17, 15) is 4.79 Å². The number of piperidine rings is 1.